The van der Waals surface area contributed by atoms with Crippen LogP contribution in [0.5, 0.6) is 0 Å². The molecule has 1 heteroatoms. The lowest BCUT2D eigenvalue weighted by atomic mass is 10.2. The van der Waals surface area contributed by atoms with Crippen LogP contribution in [0.2, 0.25) is 0 Å². The Bertz CT molecular complexity index is 194. The fourth-order valence-electron chi connectivity index (χ4n) is 0.785. The topological polar surface area (TPSA) is 0 Å². The second-order valence-electron chi connectivity index (χ2n) is 1.94. The van der Waals surface area contributed by atoms with Crippen molar-refractivity contribution in [3.8, 4) is 0 Å². The second-order valence-corrected chi connectivity index (χ2v) is 3.11. The van der Waals surface area contributed by atoms with Crippen LogP contribution in [0.25, 0.3) is 0 Å². The number of benzene rings is 1. The molecule has 0 aliphatic heterocycles. The first-order valence-corrected chi connectivity index (χ1v) is 5.16. The highest BCUT2D eigenvalue weighted by atomic mass is 127. The summed E-state index contributed by atoms with van der Waals surface area (Å²) >= 11 is 2.36. The minimum Gasteiger partial charge on any atom is -0.0683 e. The molecular formula is C10H15I. The molecule has 0 aromatic heterocycles. The van der Waals surface area contributed by atoms with Gasteiger partial charge in [0, 0.05) is 3.57 Å². The van der Waals surface area contributed by atoms with Gasteiger partial charge < -0.3 is 0 Å². The molecule has 1 aromatic carbocycles. The van der Waals surface area contributed by atoms with Crippen LogP contribution in [0.15, 0.2) is 24.3 Å². The van der Waals surface area contributed by atoms with Crippen molar-refractivity contribution < 1.29 is 0 Å². The molecule has 11 heavy (non-hydrogen) atoms. The van der Waals surface area contributed by atoms with Gasteiger partial charge in [0.25, 0.3) is 0 Å². The van der Waals surface area contributed by atoms with Gasteiger partial charge in [0.05, 0.1) is 0 Å². The molecule has 0 heterocycles. The van der Waals surface area contributed by atoms with Crippen LogP contribution in [-0.2, 0) is 6.42 Å². The smallest absolute Gasteiger partial charge is 0.0162 e. The summed E-state index contributed by atoms with van der Waals surface area (Å²) in [6.45, 7) is 6.18. The predicted octanol–water partition coefficient (Wildman–Crippen LogP) is 3.88. The Kier molecular flexibility index (Phi) is 6.62. The van der Waals surface area contributed by atoms with Gasteiger partial charge in [-0.15, -0.1) is 0 Å². The molecule has 0 bridgehead atoms. The zero-order valence-electron chi connectivity index (χ0n) is 7.39. The minimum atomic E-state index is 1.14. The van der Waals surface area contributed by atoms with Gasteiger partial charge in [-0.05, 0) is 40.6 Å². The van der Waals surface area contributed by atoms with Gasteiger partial charge in [0.15, 0.2) is 0 Å². The molecule has 0 aliphatic rings. The number of aryl methyl sites for hydroxylation is 1. The quantitative estimate of drug-likeness (QED) is 0.674. The van der Waals surface area contributed by atoms with Crippen LogP contribution in [0.1, 0.15) is 26.3 Å². The summed E-state index contributed by atoms with van der Waals surface area (Å²) in [6, 6.07) is 8.46. The molecular weight excluding hydrogens is 247 g/mol. The van der Waals surface area contributed by atoms with E-state index < -0.39 is 0 Å². The maximum atomic E-state index is 2.36. The summed E-state index contributed by atoms with van der Waals surface area (Å²) in [4.78, 5) is 0. The monoisotopic (exact) mass is 262 g/mol. The van der Waals surface area contributed by atoms with E-state index in [9.17, 15) is 0 Å². The van der Waals surface area contributed by atoms with Crippen molar-refractivity contribution in [1.29, 1.82) is 0 Å². The molecule has 0 amide bonds. The van der Waals surface area contributed by atoms with Crippen molar-refractivity contribution >= 4 is 22.6 Å². The largest absolute Gasteiger partial charge is 0.0683 e. The number of halogens is 1. The van der Waals surface area contributed by atoms with Crippen molar-refractivity contribution in [1.82, 2.24) is 0 Å². The highest BCUT2D eigenvalue weighted by Crippen LogP contribution is 2.10. The van der Waals surface area contributed by atoms with Crippen molar-refractivity contribution in [2.24, 2.45) is 0 Å². The van der Waals surface area contributed by atoms with Crippen LogP contribution in [0, 0.1) is 3.57 Å². The number of rotatable bonds is 1. The van der Waals surface area contributed by atoms with Gasteiger partial charge in [0.1, 0.15) is 0 Å². The molecule has 0 radical (unpaired) electrons. The summed E-state index contributed by atoms with van der Waals surface area (Å²) in [5, 5.41) is 0. The normalized spacial score (nSPS) is 8.36. The van der Waals surface area contributed by atoms with E-state index >= 15 is 0 Å². The Hall–Kier alpha value is -0.0500. The zero-order chi connectivity index (χ0) is 8.69. The van der Waals surface area contributed by atoms with E-state index in [1.165, 1.54) is 9.13 Å². The van der Waals surface area contributed by atoms with E-state index in [0.29, 0.717) is 0 Å². The van der Waals surface area contributed by atoms with Gasteiger partial charge >= 0.3 is 0 Å². The summed E-state index contributed by atoms with van der Waals surface area (Å²) in [7, 11) is 0. The van der Waals surface area contributed by atoms with E-state index in [0.717, 1.165) is 6.42 Å². The maximum Gasteiger partial charge on any atom is 0.0162 e. The zero-order valence-corrected chi connectivity index (χ0v) is 9.55. The summed E-state index contributed by atoms with van der Waals surface area (Å²) in [5.74, 6) is 0. The van der Waals surface area contributed by atoms with Crippen LogP contribution < -0.4 is 0 Å². The first-order valence-electron chi connectivity index (χ1n) is 4.08. The van der Waals surface area contributed by atoms with Gasteiger partial charge in [-0.1, -0.05) is 39.0 Å². The third-order valence-electron chi connectivity index (χ3n) is 1.34. The Balaban J connectivity index is 0.000000461. The summed E-state index contributed by atoms with van der Waals surface area (Å²) in [6.07, 6.45) is 1.14. The molecule has 62 valence electrons. The van der Waals surface area contributed by atoms with Crippen LogP contribution in [0.4, 0.5) is 0 Å². The molecule has 1 rings (SSSR count). The molecule has 1 aromatic rings. The lowest BCUT2D eigenvalue weighted by molar-refractivity contribution is 1.13. The van der Waals surface area contributed by atoms with Crippen LogP contribution in [-0.4, -0.2) is 0 Å². The fourth-order valence-corrected chi connectivity index (χ4v) is 1.55. The average Bonchev–Trinajstić information content (AvgIpc) is 2.09. The van der Waals surface area contributed by atoms with Crippen molar-refractivity contribution in [3.63, 3.8) is 0 Å². The minimum absolute atomic E-state index is 1.14. The molecule has 0 saturated heterocycles. The molecule has 0 unspecified atom stereocenters. The first kappa shape index (κ1) is 11.0. The third kappa shape index (κ3) is 3.75. The van der Waals surface area contributed by atoms with Gasteiger partial charge in [-0.2, -0.15) is 0 Å². The SMILES string of the molecule is CC.CCc1ccccc1I. The molecule has 0 N–H and O–H groups in total. The standard InChI is InChI=1S/C8H9I.C2H6/c1-2-7-5-3-4-6-8(7)9;1-2/h3-6H,2H2,1H3;1-2H3. The Morgan fingerprint density at radius 2 is 1.73 bits per heavy atom. The lowest BCUT2D eigenvalue weighted by Gasteiger charge is -1.96. The molecule has 0 spiro atoms. The molecule has 0 saturated carbocycles. The van der Waals surface area contributed by atoms with E-state index in [-0.39, 0.29) is 0 Å². The van der Waals surface area contributed by atoms with E-state index in [1.54, 1.807) is 0 Å². The molecule has 0 aliphatic carbocycles. The van der Waals surface area contributed by atoms with Gasteiger partial charge in [-0.3, -0.25) is 0 Å². The highest BCUT2D eigenvalue weighted by Gasteiger charge is 1.91. The Labute approximate surface area is 83.2 Å². The Morgan fingerprint density at radius 1 is 1.18 bits per heavy atom. The molecule has 0 atom stereocenters. The molecule has 0 fully saturated rings. The number of hydrogen-bond acceptors (Lipinski definition) is 0. The summed E-state index contributed by atoms with van der Waals surface area (Å²) in [5.41, 5.74) is 1.44. The Morgan fingerprint density at radius 3 is 2.09 bits per heavy atom. The summed E-state index contributed by atoms with van der Waals surface area (Å²) < 4.78 is 1.37. The van der Waals surface area contributed by atoms with Crippen molar-refractivity contribution in [2.45, 2.75) is 27.2 Å². The maximum absolute atomic E-state index is 2.36. The predicted molar refractivity (Wildman–Crippen MR) is 59.9 cm³/mol. The fraction of sp³-hybridized carbons (Fsp3) is 0.400. The molecule has 0 nitrogen and oxygen atoms in total. The van der Waals surface area contributed by atoms with E-state index in [4.69, 9.17) is 0 Å². The highest BCUT2D eigenvalue weighted by molar-refractivity contribution is 14.1. The third-order valence-corrected chi connectivity index (χ3v) is 2.39. The van der Waals surface area contributed by atoms with Gasteiger partial charge in [-0.25, -0.2) is 0 Å². The van der Waals surface area contributed by atoms with Crippen LogP contribution >= 0.6 is 22.6 Å². The van der Waals surface area contributed by atoms with Crippen LogP contribution in [0.3, 0.4) is 0 Å². The van der Waals surface area contributed by atoms with E-state index in [2.05, 4.69) is 53.8 Å². The number of hydrogen-bond donors (Lipinski definition) is 0. The van der Waals surface area contributed by atoms with Crippen molar-refractivity contribution in [3.05, 3.63) is 33.4 Å². The lowest BCUT2D eigenvalue weighted by Crippen LogP contribution is -1.82. The van der Waals surface area contributed by atoms with Gasteiger partial charge in [0.2, 0.25) is 0 Å². The van der Waals surface area contributed by atoms with Crippen molar-refractivity contribution in [2.75, 3.05) is 0 Å². The van der Waals surface area contributed by atoms with E-state index in [1.807, 2.05) is 13.8 Å². The first-order chi connectivity index (χ1) is 5.34. The average molecular weight is 262 g/mol. The second kappa shape index (κ2) is 6.65.